The van der Waals surface area contributed by atoms with Crippen LogP contribution in [0.25, 0.3) is 0 Å². The molecule has 2 aromatic carbocycles. The Kier molecular flexibility index (Phi) is 5.57. The summed E-state index contributed by atoms with van der Waals surface area (Å²) in [5, 5.41) is 5.44. The van der Waals surface area contributed by atoms with Crippen LogP contribution in [0.1, 0.15) is 30.5 Å². The highest BCUT2D eigenvalue weighted by molar-refractivity contribution is 7.89. The molecule has 0 saturated carbocycles. The Balaban J connectivity index is 1.57. The number of benzene rings is 2. The number of carbonyl (C=O) groups is 2. The zero-order valence-electron chi connectivity index (χ0n) is 14.9. The van der Waals surface area contributed by atoms with Crippen LogP contribution in [0.4, 0.5) is 5.69 Å². The number of hydrogen-bond acceptors (Lipinski definition) is 4. The van der Waals surface area contributed by atoms with Crippen LogP contribution in [0.5, 0.6) is 0 Å². The van der Waals surface area contributed by atoms with Crippen LogP contribution in [0, 0.1) is 0 Å². The summed E-state index contributed by atoms with van der Waals surface area (Å²) in [4.78, 5) is 23.2. The summed E-state index contributed by atoms with van der Waals surface area (Å²) in [6.45, 7) is 1.03. The number of fused-ring (bicyclic) bond motifs is 1. The maximum absolute atomic E-state index is 12.3. The fourth-order valence-electron chi connectivity index (χ4n) is 3.12. The third kappa shape index (κ3) is 4.72. The minimum atomic E-state index is -3.82. The van der Waals surface area contributed by atoms with Crippen molar-refractivity contribution in [2.75, 3.05) is 11.9 Å². The topological polar surface area (TPSA) is 104 Å². The predicted molar refractivity (Wildman–Crippen MR) is 102 cm³/mol. The van der Waals surface area contributed by atoms with Gasteiger partial charge in [0, 0.05) is 12.6 Å². The van der Waals surface area contributed by atoms with Gasteiger partial charge in [-0.2, -0.15) is 0 Å². The number of amides is 2. The number of carbonyl (C=O) groups excluding carboxylic acids is 2. The van der Waals surface area contributed by atoms with Gasteiger partial charge in [-0.1, -0.05) is 24.3 Å². The van der Waals surface area contributed by atoms with Crippen LogP contribution in [0.3, 0.4) is 0 Å². The standard InChI is InChI=1S/C19H21N3O4S/c1-13(23)21-15-7-9-16(10-8-15)27(25,26)20-12-19(24)22-18-11-6-14-4-2-3-5-17(14)18/h2-5,7-10,18,20H,6,11-12H2,1H3,(H,21,23)(H,22,24). The third-order valence-electron chi connectivity index (χ3n) is 4.38. The second kappa shape index (κ2) is 7.89. The molecule has 7 nitrogen and oxygen atoms in total. The number of sulfonamides is 1. The Morgan fingerprint density at radius 1 is 1.07 bits per heavy atom. The summed E-state index contributed by atoms with van der Waals surface area (Å²) in [5.74, 6) is -0.621. The van der Waals surface area contributed by atoms with Gasteiger partial charge in [0.25, 0.3) is 0 Å². The Labute approximate surface area is 158 Å². The van der Waals surface area contributed by atoms with E-state index in [0.29, 0.717) is 5.69 Å². The lowest BCUT2D eigenvalue weighted by Gasteiger charge is -2.14. The highest BCUT2D eigenvalue weighted by Crippen LogP contribution is 2.30. The number of aryl methyl sites for hydroxylation is 1. The van der Waals surface area contributed by atoms with Gasteiger partial charge >= 0.3 is 0 Å². The number of hydrogen-bond donors (Lipinski definition) is 3. The van der Waals surface area contributed by atoms with E-state index in [1.807, 2.05) is 24.3 Å². The molecule has 2 aromatic rings. The lowest BCUT2D eigenvalue weighted by molar-refractivity contribution is -0.120. The molecule has 8 heteroatoms. The lowest BCUT2D eigenvalue weighted by Crippen LogP contribution is -2.38. The Morgan fingerprint density at radius 3 is 2.48 bits per heavy atom. The van der Waals surface area contributed by atoms with Gasteiger partial charge in [-0.15, -0.1) is 0 Å². The molecule has 0 spiro atoms. The molecule has 0 saturated heterocycles. The zero-order valence-corrected chi connectivity index (χ0v) is 15.7. The van der Waals surface area contributed by atoms with Gasteiger partial charge in [0.1, 0.15) is 0 Å². The van der Waals surface area contributed by atoms with Crippen LogP contribution in [0.2, 0.25) is 0 Å². The molecule has 1 aliphatic carbocycles. The van der Waals surface area contributed by atoms with Gasteiger partial charge in [-0.3, -0.25) is 9.59 Å². The zero-order chi connectivity index (χ0) is 19.4. The first kappa shape index (κ1) is 19.1. The molecule has 0 heterocycles. The normalized spacial score (nSPS) is 15.8. The summed E-state index contributed by atoms with van der Waals surface area (Å²) in [6.07, 6.45) is 1.70. The summed E-state index contributed by atoms with van der Waals surface area (Å²) < 4.78 is 27.0. The molecule has 0 aromatic heterocycles. The summed E-state index contributed by atoms with van der Waals surface area (Å²) in [5.41, 5.74) is 2.80. The molecular formula is C19H21N3O4S. The molecule has 0 bridgehead atoms. The summed E-state index contributed by atoms with van der Waals surface area (Å²) in [6, 6.07) is 13.6. The molecule has 27 heavy (non-hydrogen) atoms. The van der Waals surface area contributed by atoms with Crippen LogP contribution in [-0.2, 0) is 26.0 Å². The molecule has 142 valence electrons. The Hall–Kier alpha value is -2.71. The van der Waals surface area contributed by atoms with E-state index in [-0.39, 0.29) is 29.3 Å². The van der Waals surface area contributed by atoms with Crippen LogP contribution < -0.4 is 15.4 Å². The predicted octanol–water partition coefficient (Wildman–Crippen LogP) is 1.73. The number of anilines is 1. The van der Waals surface area contributed by atoms with E-state index in [1.165, 1.54) is 36.8 Å². The van der Waals surface area contributed by atoms with Gasteiger partial charge < -0.3 is 10.6 Å². The van der Waals surface area contributed by atoms with Crippen molar-refractivity contribution in [2.24, 2.45) is 0 Å². The maximum atomic E-state index is 12.3. The van der Waals surface area contributed by atoms with Crippen LogP contribution in [-0.4, -0.2) is 26.8 Å². The molecule has 0 radical (unpaired) electrons. The van der Waals surface area contributed by atoms with E-state index < -0.39 is 10.0 Å². The van der Waals surface area contributed by atoms with Crippen LogP contribution >= 0.6 is 0 Å². The van der Waals surface area contributed by atoms with Crippen molar-refractivity contribution in [1.29, 1.82) is 0 Å². The summed E-state index contributed by atoms with van der Waals surface area (Å²) >= 11 is 0. The number of nitrogens with one attached hydrogen (secondary N) is 3. The molecule has 0 aliphatic heterocycles. The number of rotatable bonds is 6. The van der Waals surface area contributed by atoms with Gasteiger partial charge in [0.05, 0.1) is 17.5 Å². The van der Waals surface area contributed by atoms with Crippen molar-refractivity contribution < 1.29 is 18.0 Å². The van der Waals surface area contributed by atoms with Crippen molar-refractivity contribution in [1.82, 2.24) is 10.0 Å². The lowest BCUT2D eigenvalue weighted by atomic mass is 10.1. The molecule has 3 N–H and O–H groups in total. The Morgan fingerprint density at radius 2 is 1.78 bits per heavy atom. The van der Waals surface area contributed by atoms with Crippen molar-refractivity contribution in [3.8, 4) is 0 Å². The average molecular weight is 387 g/mol. The largest absolute Gasteiger partial charge is 0.348 e. The fourth-order valence-corrected chi connectivity index (χ4v) is 4.10. The molecule has 1 atom stereocenters. The van der Waals surface area contributed by atoms with E-state index in [0.717, 1.165) is 18.4 Å². The minimum Gasteiger partial charge on any atom is -0.348 e. The first-order chi connectivity index (χ1) is 12.8. The van der Waals surface area contributed by atoms with Gasteiger partial charge in [0.2, 0.25) is 21.8 Å². The molecule has 3 rings (SSSR count). The average Bonchev–Trinajstić information content (AvgIpc) is 3.03. The SMILES string of the molecule is CC(=O)Nc1ccc(S(=O)(=O)NCC(=O)NC2CCc3ccccc32)cc1. The summed E-state index contributed by atoms with van der Waals surface area (Å²) in [7, 11) is -3.82. The second-order valence-electron chi connectivity index (χ2n) is 6.39. The molecule has 1 unspecified atom stereocenters. The van der Waals surface area contributed by atoms with Gasteiger partial charge in [-0.25, -0.2) is 13.1 Å². The smallest absolute Gasteiger partial charge is 0.241 e. The van der Waals surface area contributed by atoms with Crippen molar-refractivity contribution in [3.05, 3.63) is 59.7 Å². The van der Waals surface area contributed by atoms with Gasteiger partial charge in [0.15, 0.2) is 0 Å². The monoisotopic (exact) mass is 387 g/mol. The quantitative estimate of drug-likeness (QED) is 0.702. The fraction of sp³-hybridized carbons (Fsp3) is 0.263. The van der Waals surface area contributed by atoms with E-state index in [2.05, 4.69) is 15.4 Å². The van der Waals surface area contributed by atoms with E-state index >= 15 is 0 Å². The van der Waals surface area contributed by atoms with Crippen molar-refractivity contribution in [3.63, 3.8) is 0 Å². The van der Waals surface area contributed by atoms with Crippen molar-refractivity contribution >= 4 is 27.5 Å². The maximum Gasteiger partial charge on any atom is 0.241 e. The molecule has 2 amide bonds. The van der Waals surface area contributed by atoms with E-state index in [1.54, 1.807) is 0 Å². The van der Waals surface area contributed by atoms with Crippen molar-refractivity contribution in [2.45, 2.75) is 30.7 Å². The van der Waals surface area contributed by atoms with Crippen LogP contribution in [0.15, 0.2) is 53.4 Å². The third-order valence-corrected chi connectivity index (χ3v) is 5.79. The molecule has 0 fully saturated rings. The molecule has 1 aliphatic rings. The van der Waals surface area contributed by atoms with Gasteiger partial charge in [-0.05, 0) is 48.2 Å². The Bertz CT molecular complexity index is 955. The van der Waals surface area contributed by atoms with E-state index in [9.17, 15) is 18.0 Å². The minimum absolute atomic E-state index is 0.0237. The second-order valence-corrected chi connectivity index (χ2v) is 8.15. The first-order valence-electron chi connectivity index (χ1n) is 8.59. The van der Waals surface area contributed by atoms with E-state index in [4.69, 9.17) is 0 Å². The molecular weight excluding hydrogens is 366 g/mol. The highest BCUT2D eigenvalue weighted by atomic mass is 32.2. The first-order valence-corrected chi connectivity index (χ1v) is 10.1. The highest BCUT2D eigenvalue weighted by Gasteiger charge is 2.24.